The summed E-state index contributed by atoms with van der Waals surface area (Å²) in [5, 5.41) is 9.03. The van der Waals surface area contributed by atoms with Crippen LogP contribution in [-0.2, 0) is 9.59 Å². The summed E-state index contributed by atoms with van der Waals surface area (Å²) < 4.78 is 0. The predicted octanol–water partition coefficient (Wildman–Crippen LogP) is 1.57. The second-order valence-corrected chi connectivity index (χ2v) is 6.46. The highest BCUT2D eigenvalue weighted by Gasteiger charge is 2.39. The van der Waals surface area contributed by atoms with E-state index < -0.39 is 12.0 Å². The Bertz CT molecular complexity index is 369. The van der Waals surface area contributed by atoms with Gasteiger partial charge in [-0.3, -0.25) is 14.5 Å². The molecule has 0 aromatic carbocycles. The van der Waals surface area contributed by atoms with Gasteiger partial charge in [0.25, 0.3) is 0 Å². The second-order valence-electron chi connectivity index (χ2n) is 6.46. The molecule has 2 fully saturated rings. The molecule has 1 aliphatic carbocycles. The molecule has 2 aliphatic rings. The van der Waals surface area contributed by atoms with Crippen molar-refractivity contribution in [3.05, 3.63) is 0 Å². The Kier molecular flexibility index (Phi) is 4.68. The van der Waals surface area contributed by atoms with Crippen molar-refractivity contribution in [2.45, 2.75) is 52.0 Å². The summed E-state index contributed by atoms with van der Waals surface area (Å²) in [4.78, 5) is 27.5. The van der Waals surface area contributed by atoms with E-state index in [0.29, 0.717) is 26.2 Å². The lowest BCUT2D eigenvalue weighted by atomic mass is 9.74. The first-order valence-electron chi connectivity index (χ1n) is 7.70. The molecule has 0 bridgehead atoms. The van der Waals surface area contributed by atoms with E-state index in [1.807, 2.05) is 9.80 Å². The van der Waals surface area contributed by atoms with E-state index in [1.54, 1.807) is 6.92 Å². The van der Waals surface area contributed by atoms with Crippen LogP contribution in [0.5, 0.6) is 0 Å². The molecule has 1 amide bonds. The first-order valence-corrected chi connectivity index (χ1v) is 7.70. The molecule has 114 valence electrons. The summed E-state index contributed by atoms with van der Waals surface area (Å²) in [7, 11) is 0. The fraction of sp³-hybridized carbons (Fsp3) is 0.867. The fourth-order valence-corrected chi connectivity index (χ4v) is 3.40. The molecule has 20 heavy (non-hydrogen) atoms. The van der Waals surface area contributed by atoms with E-state index in [1.165, 1.54) is 6.42 Å². The standard InChI is InChI=1S/C15H26N2O3/c1-12(13(18)19)16-8-10-17(11-9-16)14(20)15(2)6-4-3-5-7-15/h12H,3-11H2,1-2H3,(H,18,19). The number of carboxylic acids is 1. The van der Waals surface area contributed by atoms with Gasteiger partial charge < -0.3 is 10.0 Å². The highest BCUT2D eigenvalue weighted by atomic mass is 16.4. The van der Waals surface area contributed by atoms with E-state index >= 15 is 0 Å². The lowest BCUT2D eigenvalue weighted by Crippen LogP contribution is -2.55. The molecule has 1 N–H and O–H groups in total. The minimum Gasteiger partial charge on any atom is -0.480 e. The third-order valence-electron chi connectivity index (χ3n) is 4.98. The maximum Gasteiger partial charge on any atom is 0.320 e. The number of piperazine rings is 1. The van der Waals surface area contributed by atoms with Gasteiger partial charge in [0.2, 0.25) is 5.91 Å². The lowest BCUT2D eigenvalue weighted by Gasteiger charge is -2.42. The van der Waals surface area contributed by atoms with Crippen molar-refractivity contribution in [1.82, 2.24) is 9.80 Å². The van der Waals surface area contributed by atoms with E-state index in [0.717, 1.165) is 25.7 Å². The van der Waals surface area contributed by atoms with Gasteiger partial charge in [0.1, 0.15) is 6.04 Å². The maximum absolute atomic E-state index is 12.7. The Balaban J connectivity index is 1.90. The molecule has 0 aromatic heterocycles. The van der Waals surface area contributed by atoms with Crippen molar-refractivity contribution in [3.63, 3.8) is 0 Å². The van der Waals surface area contributed by atoms with Crippen LogP contribution in [0.4, 0.5) is 0 Å². The van der Waals surface area contributed by atoms with Gasteiger partial charge in [-0.2, -0.15) is 0 Å². The van der Waals surface area contributed by atoms with Gasteiger partial charge in [-0.25, -0.2) is 0 Å². The van der Waals surface area contributed by atoms with Crippen molar-refractivity contribution >= 4 is 11.9 Å². The summed E-state index contributed by atoms with van der Waals surface area (Å²) in [5.41, 5.74) is -0.182. The Labute approximate surface area is 120 Å². The zero-order valence-corrected chi connectivity index (χ0v) is 12.6. The van der Waals surface area contributed by atoms with Crippen molar-refractivity contribution in [2.75, 3.05) is 26.2 Å². The molecule has 1 saturated carbocycles. The van der Waals surface area contributed by atoms with E-state index in [4.69, 9.17) is 5.11 Å². The summed E-state index contributed by atoms with van der Waals surface area (Å²) in [6.07, 6.45) is 5.54. The number of nitrogens with zero attached hydrogens (tertiary/aromatic N) is 2. The number of hydrogen-bond acceptors (Lipinski definition) is 3. The van der Waals surface area contributed by atoms with Crippen LogP contribution >= 0.6 is 0 Å². The number of rotatable bonds is 3. The molecule has 1 heterocycles. The molecule has 1 atom stereocenters. The van der Waals surface area contributed by atoms with Gasteiger partial charge >= 0.3 is 5.97 Å². The van der Waals surface area contributed by atoms with Crippen LogP contribution in [0.2, 0.25) is 0 Å². The zero-order valence-electron chi connectivity index (χ0n) is 12.6. The summed E-state index contributed by atoms with van der Waals surface area (Å²) in [5.74, 6) is -0.510. The number of carbonyl (C=O) groups excluding carboxylic acids is 1. The predicted molar refractivity (Wildman–Crippen MR) is 76.4 cm³/mol. The Morgan fingerprint density at radius 3 is 2.10 bits per heavy atom. The van der Waals surface area contributed by atoms with Crippen LogP contribution in [0.3, 0.4) is 0 Å². The average molecular weight is 282 g/mol. The molecule has 5 nitrogen and oxygen atoms in total. The Morgan fingerprint density at radius 2 is 1.60 bits per heavy atom. The molecular formula is C15H26N2O3. The van der Waals surface area contributed by atoms with Gasteiger partial charge in [0.15, 0.2) is 0 Å². The third-order valence-corrected chi connectivity index (χ3v) is 4.98. The highest BCUT2D eigenvalue weighted by Crippen LogP contribution is 2.37. The molecule has 1 aliphatic heterocycles. The van der Waals surface area contributed by atoms with Gasteiger partial charge in [0, 0.05) is 31.6 Å². The van der Waals surface area contributed by atoms with Crippen LogP contribution in [0.25, 0.3) is 0 Å². The van der Waals surface area contributed by atoms with Crippen molar-refractivity contribution in [1.29, 1.82) is 0 Å². The Morgan fingerprint density at radius 1 is 1.05 bits per heavy atom. The Hall–Kier alpha value is -1.10. The van der Waals surface area contributed by atoms with Crippen molar-refractivity contribution < 1.29 is 14.7 Å². The van der Waals surface area contributed by atoms with Gasteiger partial charge in [-0.1, -0.05) is 26.2 Å². The van der Waals surface area contributed by atoms with E-state index in [9.17, 15) is 9.59 Å². The van der Waals surface area contributed by atoms with Crippen molar-refractivity contribution in [3.8, 4) is 0 Å². The quantitative estimate of drug-likeness (QED) is 0.853. The van der Waals surface area contributed by atoms with E-state index in [2.05, 4.69) is 6.92 Å². The van der Waals surface area contributed by atoms with Crippen LogP contribution in [-0.4, -0.2) is 59.0 Å². The van der Waals surface area contributed by atoms with Gasteiger partial charge in [-0.05, 0) is 19.8 Å². The third kappa shape index (κ3) is 3.14. The maximum atomic E-state index is 12.7. The minimum absolute atomic E-state index is 0.182. The van der Waals surface area contributed by atoms with Gasteiger partial charge in [0.05, 0.1) is 0 Å². The van der Waals surface area contributed by atoms with E-state index in [-0.39, 0.29) is 11.3 Å². The molecule has 1 unspecified atom stereocenters. The molecule has 1 saturated heterocycles. The molecule has 0 aromatic rings. The number of carboxylic acid groups (broad SMARTS) is 1. The molecule has 0 spiro atoms. The summed E-state index contributed by atoms with van der Waals surface area (Å²) >= 11 is 0. The normalized spacial score (nSPS) is 25.2. The number of aliphatic carboxylic acids is 1. The van der Waals surface area contributed by atoms with Crippen LogP contribution in [0.15, 0.2) is 0 Å². The average Bonchev–Trinajstić information content (AvgIpc) is 2.46. The fourth-order valence-electron chi connectivity index (χ4n) is 3.40. The molecule has 2 rings (SSSR count). The number of amides is 1. The summed E-state index contributed by atoms with van der Waals surface area (Å²) in [6, 6.07) is -0.461. The first-order chi connectivity index (χ1) is 9.44. The van der Waals surface area contributed by atoms with Crippen LogP contribution in [0, 0.1) is 5.41 Å². The van der Waals surface area contributed by atoms with Crippen molar-refractivity contribution in [2.24, 2.45) is 5.41 Å². The zero-order chi connectivity index (χ0) is 14.8. The monoisotopic (exact) mass is 282 g/mol. The molecular weight excluding hydrogens is 256 g/mol. The molecule has 5 heteroatoms. The van der Waals surface area contributed by atoms with Crippen LogP contribution in [0.1, 0.15) is 46.0 Å². The smallest absolute Gasteiger partial charge is 0.320 e. The largest absolute Gasteiger partial charge is 0.480 e. The van der Waals surface area contributed by atoms with Gasteiger partial charge in [-0.15, -0.1) is 0 Å². The summed E-state index contributed by atoms with van der Waals surface area (Å²) in [6.45, 7) is 6.45. The second kappa shape index (κ2) is 6.12. The number of carbonyl (C=O) groups is 2. The molecule has 0 radical (unpaired) electrons. The highest BCUT2D eigenvalue weighted by molar-refractivity contribution is 5.82. The first kappa shape index (κ1) is 15.3. The lowest BCUT2D eigenvalue weighted by molar-refractivity contribution is -0.147. The minimum atomic E-state index is -0.788. The SMILES string of the molecule is CC(C(=O)O)N1CCN(C(=O)C2(C)CCCCC2)CC1. The topological polar surface area (TPSA) is 60.9 Å². The number of hydrogen-bond donors (Lipinski definition) is 1. The van der Waals surface area contributed by atoms with Crippen LogP contribution < -0.4 is 0 Å².